The Morgan fingerprint density at radius 1 is 0.655 bits per heavy atom. The van der Waals surface area contributed by atoms with E-state index in [0.29, 0.717) is 11.1 Å². The van der Waals surface area contributed by atoms with E-state index >= 15 is 0 Å². The van der Waals surface area contributed by atoms with E-state index in [-0.39, 0.29) is 28.6 Å². The molecule has 3 aromatic carbocycles. The second-order valence-corrected chi connectivity index (χ2v) is 6.87. The zero-order valence-corrected chi connectivity index (χ0v) is 14.9. The number of fused-ring (bicyclic) bond motifs is 1. The monoisotopic (exact) mass is 398 g/mol. The summed E-state index contributed by atoms with van der Waals surface area (Å²) in [6.07, 6.45) is -2.40. The van der Waals surface area contributed by atoms with E-state index in [9.17, 15) is 35.7 Å². The predicted octanol–water partition coefficient (Wildman–Crippen LogP) is 2.55. The Balaban J connectivity index is 1.91. The molecular weight excluding hydrogens is 380 g/mol. The Morgan fingerprint density at radius 2 is 1.34 bits per heavy atom. The van der Waals surface area contributed by atoms with Crippen molar-refractivity contribution in [2.75, 3.05) is 0 Å². The minimum atomic E-state index is -1.34. The molecule has 0 radical (unpaired) electrons. The molecule has 4 rings (SSSR count). The smallest absolute Gasteiger partial charge is 0.157 e. The molecule has 1 aliphatic heterocycles. The fourth-order valence-corrected chi connectivity index (χ4v) is 3.68. The zero-order valence-electron chi connectivity index (χ0n) is 14.9. The highest BCUT2D eigenvalue weighted by Crippen LogP contribution is 2.51. The number of aliphatic hydroxyl groups is 1. The molecule has 0 aromatic heterocycles. The van der Waals surface area contributed by atoms with E-state index in [0.717, 1.165) is 12.1 Å². The highest BCUT2D eigenvalue weighted by Gasteiger charge is 2.42. The van der Waals surface area contributed by atoms with Crippen LogP contribution >= 0.6 is 0 Å². The van der Waals surface area contributed by atoms with Crippen molar-refractivity contribution < 1.29 is 40.5 Å². The lowest BCUT2D eigenvalue weighted by Gasteiger charge is -2.37. The largest absolute Gasteiger partial charge is 0.508 e. The van der Waals surface area contributed by atoms with Gasteiger partial charge in [0.05, 0.1) is 0 Å². The lowest BCUT2D eigenvalue weighted by Crippen LogP contribution is -2.35. The molecule has 29 heavy (non-hydrogen) atoms. The quantitative estimate of drug-likeness (QED) is 0.325. The van der Waals surface area contributed by atoms with Crippen LogP contribution in [0.3, 0.4) is 0 Å². The lowest BCUT2D eigenvalue weighted by molar-refractivity contribution is 0.00734. The van der Waals surface area contributed by atoms with Gasteiger partial charge in [0, 0.05) is 35.2 Å². The molecule has 1 heterocycles. The van der Waals surface area contributed by atoms with Crippen LogP contribution in [-0.2, 0) is 0 Å². The Hall–Kier alpha value is -3.78. The number of aromatic hydroxyl groups is 6. The highest BCUT2D eigenvalue weighted by atomic mass is 16.5. The van der Waals surface area contributed by atoms with Gasteiger partial charge in [-0.15, -0.1) is 0 Å². The Bertz CT molecular complexity index is 1070. The summed E-state index contributed by atoms with van der Waals surface area (Å²) < 4.78 is 5.85. The molecule has 1 aliphatic rings. The standard InChI is InChI=1S/C21H18O8/c22-10-2-3-12-17(8-10)29-21(9-1-4-13(24)14(25)5-9)20(28)18(12)19-15(26)6-11(23)7-16(19)27/h1-8,18,20-28H. The van der Waals surface area contributed by atoms with E-state index in [1.165, 1.54) is 36.4 Å². The molecule has 0 fully saturated rings. The number of phenolic OH excluding ortho intramolecular Hbond substituents is 6. The number of aliphatic hydroxyl groups excluding tert-OH is 1. The van der Waals surface area contributed by atoms with Crippen molar-refractivity contribution in [2.24, 2.45) is 0 Å². The third-order valence-electron chi connectivity index (χ3n) is 5.00. The third kappa shape index (κ3) is 3.09. The van der Waals surface area contributed by atoms with E-state index in [2.05, 4.69) is 0 Å². The fourth-order valence-electron chi connectivity index (χ4n) is 3.68. The molecule has 8 nitrogen and oxygen atoms in total. The van der Waals surface area contributed by atoms with E-state index in [4.69, 9.17) is 4.74 Å². The molecule has 0 spiro atoms. The van der Waals surface area contributed by atoms with Gasteiger partial charge in [-0.3, -0.25) is 0 Å². The molecule has 0 aliphatic carbocycles. The molecule has 150 valence electrons. The predicted molar refractivity (Wildman–Crippen MR) is 101 cm³/mol. The van der Waals surface area contributed by atoms with Gasteiger partial charge in [-0.2, -0.15) is 0 Å². The number of phenols is 6. The average molecular weight is 398 g/mol. The first-order valence-corrected chi connectivity index (χ1v) is 8.70. The van der Waals surface area contributed by atoms with Crippen molar-refractivity contribution in [3.05, 3.63) is 65.2 Å². The number of hydrogen-bond acceptors (Lipinski definition) is 8. The minimum absolute atomic E-state index is 0.0291. The second kappa shape index (κ2) is 6.68. The average Bonchev–Trinajstić information content (AvgIpc) is 2.64. The van der Waals surface area contributed by atoms with Crippen LogP contribution in [0.5, 0.6) is 40.2 Å². The van der Waals surface area contributed by atoms with Gasteiger partial charge in [0.15, 0.2) is 17.6 Å². The van der Waals surface area contributed by atoms with Crippen molar-refractivity contribution in [3.8, 4) is 40.2 Å². The van der Waals surface area contributed by atoms with Crippen LogP contribution in [0.4, 0.5) is 0 Å². The van der Waals surface area contributed by atoms with Crippen molar-refractivity contribution in [3.63, 3.8) is 0 Å². The number of ether oxygens (including phenoxy) is 1. The van der Waals surface area contributed by atoms with Gasteiger partial charge in [-0.25, -0.2) is 0 Å². The van der Waals surface area contributed by atoms with Crippen LogP contribution in [-0.4, -0.2) is 41.8 Å². The first-order valence-electron chi connectivity index (χ1n) is 8.70. The first-order chi connectivity index (χ1) is 13.8. The Morgan fingerprint density at radius 3 is 2.00 bits per heavy atom. The van der Waals surface area contributed by atoms with E-state index in [1.807, 2.05) is 0 Å². The second-order valence-electron chi connectivity index (χ2n) is 6.87. The zero-order chi connectivity index (χ0) is 20.9. The number of benzene rings is 3. The van der Waals surface area contributed by atoms with Crippen molar-refractivity contribution in [2.45, 2.75) is 18.1 Å². The van der Waals surface area contributed by atoms with Gasteiger partial charge in [0.2, 0.25) is 0 Å². The highest BCUT2D eigenvalue weighted by molar-refractivity contribution is 5.58. The maximum Gasteiger partial charge on any atom is 0.157 e. The number of hydrogen-bond donors (Lipinski definition) is 7. The third-order valence-corrected chi connectivity index (χ3v) is 5.00. The fraction of sp³-hybridized carbons (Fsp3) is 0.143. The normalized spacial score (nSPS) is 20.7. The van der Waals surface area contributed by atoms with Crippen molar-refractivity contribution >= 4 is 0 Å². The van der Waals surface area contributed by atoms with Crippen LogP contribution in [0.2, 0.25) is 0 Å². The molecule has 7 N–H and O–H groups in total. The summed E-state index contributed by atoms with van der Waals surface area (Å²) in [7, 11) is 0. The van der Waals surface area contributed by atoms with Crippen LogP contribution in [0.25, 0.3) is 0 Å². The molecule has 0 saturated heterocycles. The summed E-state index contributed by atoms with van der Waals surface area (Å²) in [5, 5.41) is 70.7. The van der Waals surface area contributed by atoms with E-state index < -0.39 is 35.4 Å². The first kappa shape index (κ1) is 18.6. The summed E-state index contributed by atoms with van der Waals surface area (Å²) >= 11 is 0. The van der Waals surface area contributed by atoms with Crippen LogP contribution in [0.1, 0.15) is 28.7 Å². The minimum Gasteiger partial charge on any atom is -0.508 e. The lowest BCUT2D eigenvalue weighted by atomic mass is 9.79. The topological polar surface area (TPSA) is 151 Å². The summed E-state index contributed by atoms with van der Waals surface area (Å²) in [5.41, 5.74) is 0.689. The van der Waals surface area contributed by atoms with Crippen LogP contribution < -0.4 is 4.74 Å². The van der Waals surface area contributed by atoms with Crippen LogP contribution in [0, 0.1) is 0 Å². The maximum absolute atomic E-state index is 11.1. The van der Waals surface area contributed by atoms with Gasteiger partial charge >= 0.3 is 0 Å². The van der Waals surface area contributed by atoms with Gasteiger partial charge < -0.3 is 40.5 Å². The van der Waals surface area contributed by atoms with Crippen LogP contribution in [0.15, 0.2) is 48.5 Å². The van der Waals surface area contributed by atoms with Gasteiger partial charge in [0.25, 0.3) is 0 Å². The van der Waals surface area contributed by atoms with Crippen molar-refractivity contribution in [1.82, 2.24) is 0 Å². The SMILES string of the molecule is Oc1cc(O)c(C2c3ccc(O)cc3OC(c3ccc(O)c(O)c3)C2O)c(O)c1. The van der Waals surface area contributed by atoms with Gasteiger partial charge in [-0.05, 0) is 23.8 Å². The molecule has 3 atom stereocenters. The van der Waals surface area contributed by atoms with Crippen molar-refractivity contribution in [1.29, 1.82) is 0 Å². The molecule has 3 unspecified atom stereocenters. The summed E-state index contributed by atoms with van der Waals surface area (Å²) in [4.78, 5) is 0. The molecule has 0 amide bonds. The van der Waals surface area contributed by atoms with E-state index in [1.54, 1.807) is 0 Å². The Kier molecular flexibility index (Phi) is 4.28. The maximum atomic E-state index is 11.1. The summed E-state index contributed by atoms with van der Waals surface area (Å²) in [6.45, 7) is 0. The molecule has 0 saturated carbocycles. The van der Waals surface area contributed by atoms with Gasteiger partial charge in [-0.1, -0.05) is 12.1 Å². The molecule has 8 heteroatoms. The summed E-state index contributed by atoms with van der Waals surface area (Å²) in [6, 6.07) is 10.2. The summed E-state index contributed by atoms with van der Waals surface area (Å²) in [5.74, 6) is -2.85. The van der Waals surface area contributed by atoms with Gasteiger partial charge in [0.1, 0.15) is 34.9 Å². The number of rotatable bonds is 2. The molecule has 3 aromatic rings. The Labute approximate surface area is 164 Å². The molecular formula is C21H18O8. The molecule has 0 bridgehead atoms.